The quantitative estimate of drug-likeness (QED) is 0.770. The van der Waals surface area contributed by atoms with Crippen molar-refractivity contribution in [1.82, 2.24) is 0 Å². The predicted octanol–water partition coefficient (Wildman–Crippen LogP) is 4.16. The molecular weight excluding hydrogens is 295 g/mol. The first-order valence-corrected chi connectivity index (χ1v) is 8.86. The van der Waals surface area contributed by atoms with Gasteiger partial charge >= 0.3 is 7.12 Å². The normalized spacial score (nSPS) is 18.8. The van der Waals surface area contributed by atoms with Crippen LogP contribution in [0.5, 0.6) is 0 Å². The Morgan fingerprint density at radius 3 is 1.75 bits per heavy atom. The van der Waals surface area contributed by atoms with E-state index in [4.69, 9.17) is 9.31 Å². The molecule has 126 valence electrons. The highest BCUT2D eigenvalue weighted by Crippen LogP contribution is 2.36. The Morgan fingerprint density at radius 2 is 1.21 bits per heavy atom. The van der Waals surface area contributed by atoms with Gasteiger partial charge < -0.3 is 9.31 Å². The summed E-state index contributed by atoms with van der Waals surface area (Å²) in [6.45, 7) is 8.35. The van der Waals surface area contributed by atoms with Gasteiger partial charge in [-0.15, -0.1) is 0 Å². The summed E-state index contributed by atoms with van der Waals surface area (Å²) in [5.74, 6) is 0. The molecule has 3 rings (SSSR count). The summed E-state index contributed by atoms with van der Waals surface area (Å²) in [5, 5.41) is 0. The van der Waals surface area contributed by atoms with Gasteiger partial charge in [-0.1, -0.05) is 54.6 Å². The van der Waals surface area contributed by atoms with E-state index in [2.05, 4.69) is 82.3 Å². The minimum Gasteiger partial charge on any atom is -0.399 e. The van der Waals surface area contributed by atoms with Crippen molar-refractivity contribution < 1.29 is 9.31 Å². The van der Waals surface area contributed by atoms with Gasteiger partial charge in [0.2, 0.25) is 0 Å². The Labute approximate surface area is 146 Å². The molecule has 24 heavy (non-hydrogen) atoms. The Bertz CT molecular complexity index is 646. The maximum absolute atomic E-state index is 6.11. The first-order valence-electron chi connectivity index (χ1n) is 8.86. The summed E-state index contributed by atoms with van der Waals surface area (Å²) >= 11 is 0. The minimum absolute atomic E-state index is 0.270. The summed E-state index contributed by atoms with van der Waals surface area (Å²) in [6, 6.07) is 19.3. The van der Waals surface area contributed by atoms with Crippen LogP contribution in [0.1, 0.15) is 45.2 Å². The molecule has 2 aromatic carbocycles. The zero-order valence-corrected chi connectivity index (χ0v) is 15.2. The average molecular weight is 322 g/mol. The third-order valence-electron chi connectivity index (χ3n) is 5.28. The van der Waals surface area contributed by atoms with Crippen LogP contribution in [0.3, 0.4) is 0 Å². The number of aryl methyl sites for hydroxylation is 2. The van der Waals surface area contributed by atoms with Gasteiger partial charge in [0.25, 0.3) is 0 Å². The molecule has 0 aliphatic carbocycles. The van der Waals surface area contributed by atoms with Gasteiger partial charge in [-0.05, 0) is 63.5 Å². The van der Waals surface area contributed by atoms with E-state index in [0.29, 0.717) is 0 Å². The van der Waals surface area contributed by atoms with Gasteiger partial charge in [-0.2, -0.15) is 0 Å². The summed E-state index contributed by atoms with van der Waals surface area (Å²) < 4.78 is 12.2. The van der Waals surface area contributed by atoms with Crippen molar-refractivity contribution in [3.05, 3.63) is 65.7 Å². The number of hydrogen-bond acceptors (Lipinski definition) is 2. The monoisotopic (exact) mass is 322 g/mol. The van der Waals surface area contributed by atoms with Crippen molar-refractivity contribution in [2.24, 2.45) is 0 Å². The SMILES string of the molecule is CC1(C)OB(c2ccc(CCCc3ccccc3)cc2)OC1(C)C. The van der Waals surface area contributed by atoms with Gasteiger partial charge in [0, 0.05) is 0 Å². The van der Waals surface area contributed by atoms with Crippen LogP contribution < -0.4 is 5.46 Å². The molecule has 1 heterocycles. The lowest BCUT2D eigenvalue weighted by Gasteiger charge is -2.32. The Morgan fingerprint density at radius 1 is 0.708 bits per heavy atom. The van der Waals surface area contributed by atoms with Crippen LogP contribution >= 0.6 is 0 Å². The molecule has 0 aromatic heterocycles. The molecule has 1 aliphatic rings. The van der Waals surface area contributed by atoms with Crippen LogP contribution in [-0.2, 0) is 22.2 Å². The molecule has 0 atom stereocenters. The van der Waals surface area contributed by atoms with E-state index in [1.165, 1.54) is 17.5 Å². The van der Waals surface area contributed by atoms with Gasteiger partial charge in [0.15, 0.2) is 0 Å². The molecule has 0 spiro atoms. The number of rotatable bonds is 5. The summed E-state index contributed by atoms with van der Waals surface area (Å²) in [7, 11) is -0.270. The van der Waals surface area contributed by atoms with E-state index in [1.54, 1.807) is 0 Å². The first kappa shape index (κ1) is 17.3. The Balaban J connectivity index is 1.56. The van der Waals surface area contributed by atoms with Crippen LogP contribution in [0.2, 0.25) is 0 Å². The Kier molecular flexibility index (Phi) is 4.84. The van der Waals surface area contributed by atoms with E-state index in [0.717, 1.165) is 18.3 Å². The van der Waals surface area contributed by atoms with Gasteiger partial charge in [0.1, 0.15) is 0 Å². The van der Waals surface area contributed by atoms with E-state index in [1.807, 2.05) is 0 Å². The van der Waals surface area contributed by atoms with Gasteiger partial charge in [0.05, 0.1) is 11.2 Å². The van der Waals surface area contributed by atoms with Gasteiger partial charge in [-0.3, -0.25) is 0 Å². The number of hydrogen-bond donors (Lipinski definition) is 0. The minimum atomic E-state index is -0.286. The van der Waals surface area contributed by atoms with Crippen molar-refractivity contribution >= 4 is 12.6 Å². The second kappa shape index (κ2) is 6.74. The maximum Gasteiger partial charge on any atom is 0.494 e. The highest BCUT2D eigenvalue weighted by Gasteiger charge is 2.51. The summed E-state index contributed by atoms with van der Waals surface area (Å²) in [6.07, 6.45) is 3.39. The molecule has 0 radical (unpaired) electrons. The predicted molar refractivity (Wildman–Crippen MR) is 101 cm³/mol. The third-order valence-corrected chi connectivity index (χ3v) is 5.28. The van der Waals surface area contributed by atoms with E-state index in [9.17, 15) is 0 Å². The van der Waals surface area contributed by atoms with Crippen molar-refractivity contribution in [3.63, 3.8) is 0 Å². The lowest BCUT2D eigenvalue weighted by Crippen LogP contribution is -2.41. The molecule has 2 nitrogen and oxygen atoms in total. The molecule has 0 saturated carbocycles. The smallest absolute Gasteiger partial charge is 0.399 e. The molecule has 3 heteroatoms. The van der Waals surface area contributed by atoms with E-state index < -0.39 is 0 Å². The largest absolute Gasteiger partial charge is 0.494 e. The van der Waals surface area contributed by atoms with E-state index >= 15 is 0 Å². The molecule has 1 saturated heterocycles. The van der Waals surface area contributed by atoms with Crippen molar-refractivity contribution in [2.75, 3.05) is 0 Å². The second-order valence-corrected chi connectivity index (χ2v) is 7.67. The Hall–Kier alpha value is -1.58. The highest BCUT2D eigenvalue weighted by molar-refractivity contribution is 6.62. The highest BCUT2D eigenvalue weighted by atomic mass is 16.7. The van der Waals surface area contributed by atoms with E-state index in [-0.39, 0.29) is 18.3 Å². The zero-order valence-electron chi connectivity index (χ0n) is 15.2. The molecule has 0 N–H and O–H groups in total. The van der Waals surface area contributed by atoms with Crippen LogP contribution in [0.15, 0.2) is 54.6 Å². The van der Waals surface area contributed by atoms with Crippen LogP contribution in [0.25, 0.3) is 0 Å². The fraction of sp³-hybridized carbons (Fsp3) is 0.429. The summed E-state index contributed by atoms with van der Waals surface area (Å²) in [5.41, 5.74) is 3.30. The topological polar surface area (TPSA) is 18.5 Å². The fourth-order valence-corrected chi connectivity index (χ4v) is 2.96. The average Bonchev–Trinajstić information content (AvgIpc) is 2.77. The molecule has 0 bridgehead atoms. The van der Waals surface area contributed by atoms with Crippen LogP contribution in [0.4, 0.5) is 0 Å². The van der Waals surface area contributed by atoms with Gasteiger partial charge in [-0.25, -0.2) is 0 Å². The molecule has 0 amide bonds. The van der Waals surface area contributed by atoms with Crippen LogP contribution in [-0.4, -0.2) is 18.3 Å². The van der Waals surface area contributed by atoms with Crippen LogP contribution in [0, 0.1) is 0 Å². The lowest BCUT2D eigenvalue weighted by atomic mass is 9.78. The zero-order chi connectivity index (χ0) is 17.2. The van der Waals surface area contributed by atoms with Crippen molar-refractivity contribution in [3.8, 4) is 0 Å². The first-order chi connectivity index (χ1) is 11.4. The number of benzene rings is 2. The maximum atomic E-state index is 6.11. The lowest BCUT2D eigenvalue weighted by molar-refractivity contribution is 0.00578. The standard InChI is InChI=1S/C21H27BO2/c1-20(2)21(3,4)24-22(23-20)19-15-13-18(14-16-19)12-8-11-17-9-6-5-7-10-17/h5-7,9-10,13-16H,8,11-12H2,1-4H3. The molecule has 0 unspecified atom stereocenters. The van der Waals surface area contributed by atoms with Crippen molar-refractivity contribution in [2.45, 2.75) is 58.2 Å². The van der Waals surface area contributed by atoms with Crippen molar-refractivity contribution in [1.29, 1.82) is 0 Å². The summed E-state index contributed by atoms with van der Waals surface area (Å²) in [4.78, 5) is 0. The fourth-order valence-electron chi connectivity index (χ4n) is 2.96. The molecular formula is C21H27BO2. The second-order valence-electron chi connectivity index (χ2n) is 7.67. The third kappa shape index (κ3) is 3.74. The molecule has 1 aliphatic heterocycles. The molecule has 1 fully saturated rings. The molecule has 2 aromatic rings.